The third kappa shape index (κ3) is 5.82. The number of likely N-dealkylation sites (tertiary alicyclic amines) is 1. The van der Waals surface area contributed by atoms with Gasteiger partial charge in [-0.15, -0.1) is 0 Å². The van der Waals surface area contributed by atoms with Crippen LogP contribution in [-0.4, -0.2) is 56.4 Å². The van der Waals surface area contributed by atoms with Crippen molar-refractivity contribution in [2.45, 2.75) is 50.5 Å². The van der Waals surface area contributed by atoms with Crippen molar-refractivity contribution in [1.29, 1.82) is 0 Å². The lowest BCUT2D eigenvalue weighted by atomic mass is 9.84. The van der Waals surface area contributed by atoms with Crippen LogP contribution in [0.4, 0.5) is 5.82 Å². The van der Waals surface area contributed by atoms with E-state index in [1.54, 1.807) is 6.20 Å². The van der Waals surface area contributed by atoms with Gasteiger partial charge in [0.1, 0.15) is 11.3 Å². The minimum Gasteiger partial charge on any atom is -0.390 e. The molecule has 2 aliphatic rings. The summed E-state index contributed by atoms with van der Waals surface area (Å²) >= 11 is 0. The van der Waals surface area contributed by atoms with Gasteiger partial charge in [-0.1, -0.05) is 42.5 Å². The van der Waals surface area contributed by atoms with Crippen molar-refractivity contribution in [1.82, 2.24) is 24.4 Å². The Balaban J connectivity index is 1.12. The molecule has 5 aromatic rings. The molecule has 0 radical (unpaired) electrons. The molecule has 1 saturated heterocycles. The van der Waals surface area contributed by atoms with Crippen LogP contribution in [-0.2, 0) is 0 Å². The maximum Gasteiger partial charge on any atom is 0.165 e. The van der Waals surface area contributed by atoms with Crippen molar-refractivity contribution in [3.63, 3.8) is 0 Å². The molecule has 2 fully saturated rings. The van der Waals surface area contributed by atoms with E-state index in [1.807, 2.05) is 42.5 Å². The first-order valence-corrected chi connectivity index (χ1v) is 15.9. The number of aliphatic imine (C=N–C) groups is 1. The van der Waals surface area contributed by atoms with Crippen LogP contribution in [0.3, 0.4) is 0 Å². The van der Waals surface area contributed by atoms with Crippen LogP contribution < -0.4 is 11.5 Å². The Morgan fingerprint density at radius 3 is 2.32 bits per heavy atom. The predicted molar refractivity (Wildman–Crippen MR) is 179 cm³/mol. The highest BCUT2D eigenvalue weighted by Gasteiger charge is 2.26. The van der Waals surface area contributed by atoms with Crippen molar-refractivity contribution in [3.05, 3.63) is 90.6 Å². The van der Waals surface area contributed by atoms with E-state index in [9.17, 15) is 0 Å². The second-order valence-corrected chi connectivity index (χ2v) is 12.3. The van der Waals surface area contributed by atoms with Gasteiger partial charge in [0.25, 0.3) is 0 Å². The van der Waals surface area contributed by atoms with Crippen LogP contribution >= 0.6 is 0 Å². The Morgan fingerprint density at radius 2 is 1.59 bits per heavy atom. The Labute approximate surface area is 258 Å². The molecule has 44 heavy (non-hydrogen) atoms. The molecule has 1 saturated carbocycles. The second kappa shape index (κ2) is 12.6. The smallest absolute Gasteiger partial charge is 0.165 e. The summed E-state index contributed by atoms with van der Waals surface area (Å²) in [6.07, 6.45) is 10.5. The van der Waals surface area contributed by atoms with Crippen LogP contribution in [0.2, 0.25) is 0 Å². The molecule has 4 heterocycles. The van der Waals surface area contributed by atoms with Gasteiger partial charge in [0.05, 0.1) is 23.6 Å². The van der Waals surface area contributed by atoms with Gasteiger partial charge in [0.15, 0.2) is 11.5 Å². The highest BCUT2D eigenvalue weighted by molar-refractivity contribution is 5.84. The number of rotatable bonds is 7. The van der Waals surface area contributed by atoms with Gasteiger partial charge in [-0.3, -0.25) is 9.56 Å². The third-order valence-corrected chi connectivity index (χ3v) is 9.49. The number of piperidine rings is 1. The number of aromatic nitrogens is 4. The van der Waals surface area contributed by atoms with Crippen molar-refractivity contribution >= 4 is 23.3 Å². The zero-order valence-electron chi connectivity index (χ0n) is 25.1. The molecule has 0 unspecified atom stereocenters. The van der Waals surface area contributed by atoms with E-state index in [4.69, 9.17) is 21.4 Å². The van der Waals surface area contributed by atoms with E-state index in [1.165, 1.54) is 57.0 Å². The second-order valence-electron chi connectivity index (χ2n) is 12.3. The average Bonchev–Trinajstić information content (AvgIpc) is 3.45. The molecular weight excluding hydrogens is 544 g/mol. The van der Waals surface area contributed by atoms with Gasteiger partial charge in [0, 0.05) is 24.0 Å². The number of imidazole rings is 1. The quantitative estimate of drug-likeness (QED) is 0.168. The zero-order valence-corrected chi connectivity index (χ0v) is 25.1. The van der Waals surface area contributed by atoms with Crippen LogP contribution in [0.15, 0.2) is 90.1 Å². The standard InChI is InChI=1S/C36H40N8/c37-24-40-29-12-8-25(9-13-29)23-43-21-18-27(19-22-43)26-10-14-30(15-11-26)44-35(31-7-4-20-39-34(31)38)42-33-17-16-32(41-36(33)44)28-5-2-1-3-6-28/h1-7,10-11,14-17,20,24-25,27,29H,8-9,12-13,18-19,21-23H2,(H2,37,40)(H2,38,39). The van der Waals surface area contributed by atoms with E-state index in [-0.39, 0.29) is 0 Å². The zero-order chi connectivity index (χ0) is 29.9. The fraction of sp³-hybridized carbons (Fsp3) is 0.333. The predicted octanol–water partition coefficient (Wildman–Crippen LogP) is 6.46. The summed E-state index contributed by atoms with van der Waals surface area (Å²) in [4.78, 5) is 21.5. The summed E-state index contributed by atoms with van der Waals surface area (Å²) < 4.78 is 2.12. The maximum atomic E-state index is 6.35. The monoisotopic (exact) mass is 584 g/mol. The lowest BCUT2D eigenvalue weighted by Crippen LogP contribution is -2.37. The van der Waals surface area contributed by atoms with Gasteiger partial charge < -0.3 is 16.4 Å². The molecule has 1 aliphatic carbocycles. The van der Waals surface area contributed by atoms with Crippen LogP contribution in [0.25, 0.3) is 39.5 Å². The van der Waals surface area contributed by atoms with Gasteiger partial charge in [-0.05, 0) is 105 Å². The molecule has 2 aromatic carbocycles. The Kier molecular flexibility index (Phi) is 8.07. The van der Waals surface area contributed by atoms with E-state index in [0.717, 1.165) is 58.5 Å². The molecule has 0 bridgehead atoms. The van der Waals surface area contributed by atoms with E-state index < -0.39 is 0 Å². The number of hydrogen-bond donors (Lipinski definition) is 2. The molecule has 224 valence electrons. The van der Waals surface area contributed by atoms with Crippen molar-refractivity contribution < 1.29 is 0 Å². The van der Waals surface area contributed by atoms with Gasteiger partial charge in [-0.2, -0.15) is 0 Å². The Hall–Kier alpha value is -4.56. The molecule has 8 heteroatoms. The number of nitrogens with two attached hydrogens (primary N) is 2. The lowest BCUT2D eigenvalue weighted by molar-refractivity contribution is 0.160. The first kappa shape index (κ1) is 28.2. The lowest BCUT2D eigenvalue weighted by Gasteiger charge is -2.36. The summed E-state index contributed by atoms with van der Waals surface area (Å²) in [6, 6.07) is 27.6. The number of benzene rings is 2. The number of anilines is 1. The highest BCUT2D eigenvalue weighted by atomic mass is 15.1. The third-order valence-electron chi connectivity index (χ3n) is 9.49. The van der Waals surface area contributed by atoms with Crippen molar-refractivity contribution in [3.8, 4) is 28.3 Å². The largest absolute Gasteiger partial charge is 0.390 e. The maximum absolute atomic E-state index is 6.35. The molecule has 3 aromatic heterocycles. The summed E-state index contributed by atoms with van der Waals surface area (Å²) in [6.45, 7) is 3.54. The van der Waals surface area contributed by atoms with Crippen molar-refractivity contribution in [2.75, 3.05) is 25.4 Å². The molecular formula is C36H40N8. The topological polar surface area (TPSA) is 111 Å². The summed E-state index contributed by atoms with van der Waals surface area (Å²) in [5.41, 5.74) is 18.7. The number of fused-ring (bicyclic) bond motifs is 1. The fourth-order valence-corrected chi connectivity index (χ4v) is 7.07. The normalized spacial score (nSPS) is 20.0. The van der Waals surface area contributed by atoms with Gasteiger partial charge >= 0.3 is 0 Å². The minimum atomic E-state index is 0.435. The molecule has 1 aliphatic heterocycles. The molecule has 7 rings (SSSR count). The van der Waals surface area contributed by atoms with E-state index in [2.05, 4.69) is 55.8 Å². The number of nitrogen functional groups attached to an aromatic ring is 1. The van der Waals surface area contributed by atoms with Gasteiger partial charge in [0.2, 0.25) is 0 Å². The van der Waals surface area contributed by atoms with Crippen LogP contribution in [0.1, 0.15) is 50.0 Å². The summed E-state index contributed by atoms with van der Waals surface area (Å²) in [5.74, 6) is 2.56. The summed E-state index contributed by atoms with van der Waals surface area (Å²) in [7, 11) is 0. The number of nitrogens with zero attached hydrogens (tertiary/aromatic N) is 6. The van der Waals surface area contributed by atoms with Crippen LogP contribution in [0.5, 0.6) is 0 Å². The van der Waals surface area contributed by atoms with E-state index >= 15 is 0 Å². The molecule has 4 N–H and O–H groups in total. The molecule has 0 amide bonds. The molecule has 0 atom stereocenters. The van der Waals surface area contributed by atoms with E-state index in [0.29, 0.717) is 17.8 Å². The van der Waals surface area contributed by atoms with Crippen LogP contribution in [0, 0.1) is 5.92 Å². The highest BCUT2D eigenvalue weighted by Crippen LogP contribution is 2.34. The SMILES string of the molecule is NC=NC1CCC(CN2CCC(c3ccc(-n4c(-c5cccnc5N)nc5ccc(-c6ccccc6)nc54)cc3)CC2)CC1. The van der Waals surface area contributed by atoms with Gasteiger partial charge in [-0.25, -0.2) is 15.0 Å². The molecule has 8 nitrogen and oxygen atoms in total. The number of pyridine rings is 2. The Bertz CT molecular complexity index is 1730. The summed E-state index contributed by atoms with van der Waals surface area (Å²) in [5, 5.41) is 0. The first-order chi connectivity index (χ1) is 21.7. The fourth-order valence-electron chi connectivity index (χ4n) is 7.07. The number of hydrogen-bond acceptors (Lipinski definition) is 6. The van der Waals surface area contributed by atoms with Crippen molar-refractivity contribution in [2.24, 2.45) is 16.6 Å². The minimum absolute atomic E-state index is 0.435. The molecule has 0 spiro atoms. The Morgan fingerprint density at radius 1 is 0.818 bits per heavy atom. The first-order valence-electron chi connectivity index (χ1n) is 15.9. The average molecular weight is 585 g/mol.